The average Bonchev–Trinajstić information content (AvgIpc) is 3.37. The van der Waals surface area contributed by atoms with Crippen LogP contribution in [0, 0.1) is 5.92 Å². The molecule has 0 N–H and O–H groups in total. The van der Waals surface area contributed by atoms with Crippen LogP contribution in [0.15, 0.2) is 65.7 Å². The Bertz CT molecular complexity index is 1200. The number of fused-ring (bicyclic) bond motifs is 2. The van der Waals surface area contributed by atoms with Gasteiger partial charge in [-0.05, 0) is 44.4 Å². The minimum absolute atomic E-state index is 0.00999. The average molecular weight is 458 g/mol. The van der Waals surface area contributed by atoms with Crippen molar-refractivity contribution in [2.45, 2.75) is 45.7 Å². The number of nitrogens with zero attached hydrogens (tertiary/aromatic N) is 3. The maximum atomic E-state index is 13.8. The van der Waals surface area contributed by atoms with E-state index in [1.165, 1.54) is 0 Å². The number of benzene rings is 2. The molecule has 0 bridgehead atoms. The molecule has 0 unspecified atom stereocenters. The first-order chi connectivity index (χ1) is 16.4. The second-order valence-corrected chi connectivity index (χ2v) is 9.21. The third-order valence-corrected chi connectivity index (χ3v) is 7.27. The topological polar surface area (TPSA) is 78.0 Å². The van der Waals surface area contributed by atoms with Crippen molar-refractivity contribution in [3.63, 3.8) is 0 Å². The number of imide groups is 1. The molecular weight excluding hydrogens is 430 g/mol. The van der Waals surface area contributed by atoms with Crippen molar-refractivity contribution in [2.24, 2.45) is 5.92 Å². The van der Waals surface area contributed by atoms with Crippen LogP contribution in [0.2, 0.25) is 0 Å². The van der Waals surface area contributed by atoms with Crippen LogP contribution >= 0.6 is 0 Å². The van der Waals surface area contributed by atoms with Gasteiger partial charge in [0.1, 0.15) is 6.54 Å². The molecule has 0 saturated heterocycles. The van der Waals surface area contributed by atoms with Gasteiger partial charge in [0.05, 0.1) is 23.8 Å². The Morgan fingerprint density at radius 1 is 0.824 bits per heavy atom. The zero-order valence-corrected chi connectivity index (χ0v) is 19.4. The largest absolute Gasteiger partial charge is 0.306 e. The number of carbonyl (C=O) groups excluding carboxylic acids is 4. The van der Waals surface area contributed by atoms with E-state index < -0.39 is 11.8 Å². The first-order valence-electron chi connectivity index (χ1n) is 11.7. The number of hydrogen-bond donors (Lipinski definition) is 0. The van der Waals surface area contributed by atoms with Gasteiger partial charge in [0, 0.05) is 17.2 Å². The quantitative estimate of drug-likeness (QED) is 0.659. The summed E-state index contributed by atoms with van der Waals surface area (Å²) in [7, 11) is 0. The van der Waals surface area contributed by atoms with Gasteiger partial charge in [-0.2, -0.15) is 0 Å². The molecule has 2 aromatic rings. The number of anilines is 2. The molecular formula is C27H27N3O4. The van der Waals surface area contributed by atoms with Gasteiger partial charge in [-0.25, -0.2) is 0 Å². The Balaban J connectivity index is 1.53. The molecule has 2 aliphatic heterocycles. The summed E-state index contributed by atoms with van der Waals surface area (Å²) in [5.41, 5.74) is 3.06. The zero-order chi connectivity index (χ0) is 24.0. The highest BCUT2D eigenvalue weighted by atomic mass is 16.2. The van der Waals surface area contributed by atoms with Gasteiger partial charge in [0.15, 0.2) is 0 Å². The Hall–Kier alpha value is -3.74. The molecule has 3 aliphatic rings. The van der Waals surface area contributed by atoms with Crippen LogP contribution in [-0.2, 0) is 25.7 Å². The summed E-state index contributed by atoms with van der Waals surface area (Å²) in [6.07, 6.45) is 2.25. The Morgan fingerprint density at radius 2 is 1.44 bits per heavy atom. The highest BCUT2D eigenvalue weighted by Gasteiger charge is 2.46. The van der Waals surface area contributed by atoms with Gasteiger partial charge in [-0.1, -0.05) is 48.9 Å². The van der Waals surface area contributed by atoms with Crippen molar-refractivity contribution in [1.29, 1.82) is 0 Å². The third-order valence-electron chi connectivity index (χ3n) is 7.27. The highest BCUT2D eigenvalue weighted by molar-refractivity contribution is 6.20. The summed E-state index contributed by atoms with van der Waals surface area (Å²) in [5.74, 6) is -1.52. The first kappa shape index (κ1) is 22.1. The van der Waals surface area contributed by atoms with Crippen LogP contribution < -0.4 is 9.80 Å². The van der Waals surface area contributed by atoms with Crippen molar-refractivity contribution < 1.29 is 19.2 Å². The molecule has 0 spiro atoms. The smallest absolute Gasteiger partial charge is 0.257 e. The molecule has 7 heteroatoms. The molecule has 0 radical (unpaired) electrons. The third kappa shape index (κ3) is 3.52. The van der Waals surface area contributed by atoms with Crippen LogP contribution in [0.4, 0.5) is 11.4 Å². The molecule has 34 heavy (non-hydrogen) atoms. The minimum Gasteiger partial charge on any atom is -0.306 e. The van der Waals surface area contributed by atoms with E-state index in [1.807, 2.05) is 54.6 Å². The molecule has 1 saturated carbocycles. The molecule has 2 aromatic carbocycles. The van der Waals surface area contributed by atoms with Crippen molar-refractivity contribution in [3.05, 3.63) is 71.3 Å². The standard InChI is InChI=1S/C27H27N3O4/c1-17-18(2)26(33)29(25(17)32)16-24(31)30-21-14-8-11-20(21)27(34)28(15-19-9-4-3-5-10-19)22-12-6-7-13-23(22)30/h3-7,9-10,12-13,20-21H,8,11,14-16H2,1-2H3/t20-,21+/m0/s1. The molecule has 1 fully saturated rings. The molecule has 7 nitrogen and oxygen atoms in total. The van der Waals surface area contributed by atoms with E-state index in [1.54, 1.807) is 23.6 Å². The van der Waals surface area contributed by atoms with Crippen molar-refractivity contribution in [1.82, 2.24) is 4.90 Å². The summed E-state index contributed by atoms with van der Waals surface area (Å²) in [4.78, 5) is 57.2. The maximum Gasteiger partial charge on any atom is 0.257 e. The van der Waals surface area contributed by atoms with E-state index in [2.05, 4.69) is 0 Å². The molecule has 2 atom stereocenters. The van der Waals surface area contributed by atoms with E-state index in [-0.39, 0.29) is 30.3 Å². The summed E-state index contributed by atoms with van der Waals surface area (Å²) >= 11 is 0. The number of hydrogen-bond acceptors (Lipinski definition) is 4. The van der Waals surface area contributed by atoms with Gasteiger partial charge < -0.3 is 9.80 Å². The normalized spacial score (nSPS) is 22.3. The number of rotatable bonds is 4. The van der Waals surface area contributed by atoms with Crippen molar-refractivity contribution in [3.8, 4) is 0 Å². The lowest BCUT2D eigenvalue weighted by Gasteiger charge is -2.31. The molecule has 5 rings (SSSR count). The fourth-order valence-electron chi connectivity index (χ4n) is 5.35. The SMILES string of the molecule is CC1=C(C)C(=O)N(CC(=O)N2c3ccccc3N(Cc3ccccc3)C(=O)[C@H]3CCC[C@H]32)C1=O. The summed E-state index contributed by atoms with van der Waals surface area (Å²) in [6, 6.07) is 16.9. The minimum atomic E-state index is -0.427. The van der Waals surface area contributed by atoms with Crippen LogP contribution in [-0.4, -0.2) is 41.1 Å². The number of carbonyl (C=O) groups is 4. The van der Waals surface area contributed by atoms with E-state index in [4.69, 9.17) is 0 Å². The van der Waals surface area contributed by atoms with E-state index >= 15 is 0 Å². The predicted molar refractivity (Wildman–Crippen MR) is 128 cm³/mol. The van der Waals surface area contributed by atoms with Gasteiger partial charge in [0.2, 0.25) is 11.8 Å². The fourth-order valence-corrected chi connectivity index (χ4v) is 5.35. The summed E-state index contributed by atoms with van der Waals surface area (Å²) < 4.78 is 0. The number of amides is 4. The highest BCUT2D eigenvalue weighted by Crippen LogP contribution is 2.43. The molecule has 2 heterocycles. The van der Waals surface area contributed by atoms with E-state index in [0.29, 0.717) is 41.9 Å². The van der Waals surface area contributed by atoms with Crippen molar-refractivity contribution >= 4 is 35.0 Å². The van der Waals surface area contributed by atoms with Crippen LogP contribution in [0.25, 0.3) is 0 Å². The van der Waals surface area contributed by atoms with Gasteiger partial charge in [-0.15, -0.1) is 0 Å². The lowest BCUT2D eigenvalue weighted by Crippen LogP contribution is -2.49. The predicted octanol–water partition coefficient (Wildman–Crippen LogP) is 3.44. The molecule has 0 aromatic heterocycles. The van der Waals surface area contributed by atoms with Crippen LogP contribution in [0.5, 0.6) is 0 Å². The fraction of sp³-hybridized carbons (Fsp3) is 0.333. The van der Waals surface area contributed by atoms with Gasteiger partial charge in [-0.3, -0.25) is 24.1 Å². The van der Waals surface area contributed by atoms with E-state index in [9.17, 15) is 19.2 Å². The van der Waals surface area contributed by atoms with Crippen LogP contribution in [0.1, 0.15) is 38.7 Å². The Morgan fingerprint density at radius 3 is 2.12 bits per heavy atom. The second kappa shape index (κ2) is 8.56. The Labute approximate surface area is 198 Å². The molecule has 1 aliphatic carbocycles. The van der Waals surface area contributed by atoms with Gasteiger partial charge >= 0.3 is 0 Å². The number of para-hydroxylation sites is 2. The Kier molecular flexibility index (Phi) is 5.55. The second-order valence-electron chi connectivity index (χ2n) is 9.21. The van der Waals surface area contributed by atoms with Gasteiger partial charge in [0.25, 0.3) is 11.8 Å². The van der Waals surface area contributed by atoms with Crippen LogP contribution in [0.3, 0.4) is 0 Å². The lowest BCUT2D eigenvalue weighted by molar-refractivity contribution is -0.141. The van der Waals surface area contributed by atoms with E-state index in [0.717, 1.165) is 16.9 Å². The summed E-state index contributed by atoms with van der Waals surface area (Å²) in [6.45, 7) is 3.28. The zero-order valence-electron chi connectivity index (χ0n) is 19.4. The first-order valence-corrected chi connectivity index (χ1v) is 11.7. The lowest BCUT2D eigenvalue weighted by atomic mass is 10.0. The molecule has 4 amide bonds. The summed E-state index contributed by atoms with van der Waals surface area (Å²) in [5, 5.41) is 0. The van der Waals surface area contributed by atoms with Crippen molar-refractivity contribution in [2.75, 3.05) is 16.3 Å². The molecule has 174 valence electrons. The monoisotopic (exact) mass is 457 g/mol. The maximum absolute atomic E-state index is 13.8.